The summed E-state index contributed by atoms with van der Waals surface area (Å²) in [6.45, 7) is 0.580. The predicted octanol–water partition coefficient (Wildman–Crippen LogP) is 2.53. The van der Waals surface area contributed by atoms with Crippen LogP contribution in [0.4, 0.5) is 10.5 Å². The number of H-pyrrole nitrogens is 1. The molecule has 5 nitrogen and oxygen atoms in total. The predicted molar refractivity (Wildman–Crippen MR) is 73.4 cm³/mol. The third-order valence-electron chi connectivity index (χ3n) is 2.82. The van der Waals surface area contributed by atoms with Crippen molar-refractivity contribution >= 4 is 23.5 Å². The lowest BCUT2D eigenvalue weighted by molar-refractivity contribution is 0.151. The number of thioether (sulfide) groups is 1. The van der Waals surface area contributed by atoms with Crippen molar-refractivity contribution in [2.24, 2.45) is 0 Å². The maximum atomic E-state index is 11.8. The monoisotopic (exact) mass is 275 g/mol. The number of carbonyl (C=O) groups excluding carboxylic acids is 1. The highest BCUT2D eigenvalue weighted by atomic mass is 32.2. The molecule has 1 amide bonds. The number of carbonyl (C=O) groups is 1. The number of imidazole rings is 1. The first-order valence-corrected chi connectivity index (χ1v) is 6.97. The van der Waals surface area contributed by atoms with Gasteiger partial charge in [0, 0.05) is 23.8 Å². The Bertz CT molecular complexity index is 544. The van der Waals surface area contributed by atoms with Gasteiger partial charge in [-0.05, 0) is 12.1 Å². The van der Waals surface area contributed by atoms with Crippen LogP contribution in [0.25, 0.3) is 0 Å². The molecule has 1 aliphatic rings. The molecule has 2 aromatic rings. The van der Waals surface area contributed by atoms with E-state index >= 15 is 0 Å². The maximum absolute atomic E-state index is 11.8. The number of ether oxygens (including phenoxy) is 1. The summed E-state index contributed by atoms with van der Waals surface area (Å²) in [5.41, 5.74) is 0.873. The SMILES string of the molecule is O=C1O[C@H](CSc2ncc[nH]2)CN1c1ccccc1. The zero-order valence-corrected chi connectivity index (χ0v) is 11.0. The highest BCUT2D eigenvalue weighted by Crippen LogP contribution is 2.24. The Morgan fingerprint density at radius 2 is 2.26 bits per heavy atom. The molecule has 0 unspecified atom stereocenters. The molecule has 0 bridgehead atoms. The molecule has 0 radical (unpaired) electrons. The minimum Gasteiger partial charge on any atom is -0.443 e. The van der Waals surface area contributed by atoms with E-state index in [9.17, 15) is 4.79 Å². The number of para-hydroxylation sites is 1. The molecular formula is C13H13N3O2S. The summed E-state index contributed by atoms with van der Waals surface area (Å²) in [4.78, 5) is 20.6. The first-order chi connectivity index (χ1) is 9.33. The van der Waals surface area contributed by atoms with E-state index in [1.165, 1.54) is 0 Å². The maximum Gasteiger partial charge on any atom is 0.414 e. The van der Waals surface area contributed by atoms with Crippen LogP contribution in [-0.2, 0) is 4.74 Å². The Morgan fingerprint density at radius 3 is 3.00 bits per heavy atom. The number of anilines is 1. The molecule has 0 saturated carbocycles. The van der Waals surface area contributed by atoms with Crippen molar-refractivity contribution in [3.63, 3.8) is 0 Å². The van der Waals surface area contributed by atoms with E-state index in [1.807, 2.05) is 30.3 Å². The van der Waals surface area contributed by atoms with Crippen molar-refractivity contribution in [3.05, 3.63) is 42.7 Å². The van der Waals surface area contributed by atoms with Gasteiger partial charge in [0.15, 0.2) is 5.16 Å². The molecule has 1 N–H and O–H groups in total. The molecule has 2 heterocycles. The fourth-order valence-corrected chi connectivity index (χ4v) is 2.73. The van der Waals surface area contributed by atoms with Crippen molar-refractivity contribution < 1.29 is 9.53 Å². The molecule has 1 atom stereocenters. The van der Waals surface area contributed by atoms with Crippen LogP contribution in [0.3, 0.4) is 0 Å². The Labute approximate surface area is 115 Å². The van der Waals surface area contributed by atoms with Gasteiger partial charge in [-0.25, -0.2) is 9.78 Å². The molecule has 1 saturated heterocycles. The van der Waals surface area contributed by atoms with Gasteiger partial charge in [-0.15, -0.1) is 0 Å². The van der Waals surface area contributed by atoms with Crippen LogP contribution >= 0.6 is 11.8 Å². The number of nitrogens with one attached hydrogen (secondary N) is 1. The molecule has 1 aliphatic heterocycles. The van der Waals surface area contributed by atoms with Gasteiger partial charge in [-0.3, -0.25) is 4.90 Å². The molecule has 19 heavy (non-hydrogen) atoms. The van der Waals surface area contributed by atoms with Gasteiger partial charge in [0.1, 0.15) is 6.10 Å². The van der Waals surface area contributed by atoms with Gasteiger partial charge in [-0.1, -0.05) is 30.0 Å². The van der Waals surface area contributed by atoms with Crippen molar-refractivity contribution in [2.75, 3.05) is 17.2 Å². The lowest BCUT2D eigenvalue weighted by atomic mass is 10.3. The van der Waals surface area contributed by atoms with Gasteiger partial charge >= 0.3 is 6.09 Å². The number of nitrogens with zero attached hydrogens (tertiary/aromatic N) is 2. The third-order valence-corrected chi connectivity index (χ3v) is 3.86. The number of aromatic amines is 1. The molecule has 1 aromatic carbocycles. The van der Waals surface area contributed by atoms with Crippen molar-refractivity contribution in [3.8, 4) is 0 Å². The highest BCUT2D eigenvalue weighted by molar-refractivity contribution is 7.99. The second-order valence-corrected chi connectivity index (χ2v) is 5.17. The summed E-state index contributed by atoms with van der Waals surface area (Å²) in [5.74, 6) is 0.697. The number of amides is 1. The van der Waals surface area contributed by atoms with Gasteiger partial charge in [0.2, 0.25) is 0 Å². The minimum atomic E-state index is -0.281. The van der Waals surface area contributed by atoms with Crippen molar-refractivity contribution in [1.29, 1.82) is 0 Å². The van der Waals surface area contributed by atoms with Crippen LogP contribution in [0, 0.1) is 0 Å². The Hall–Kier alpha value is -1.95. The van der Waals surface area contributed by atoms with E-state index in [2.05, 4.69) is 9.97 Å². The minimum absolute atomic E-state index is 0.109. The average Bonchev–Trinajstić information content (AvgIpc) is 3.07. The molecule has 0 spiro atoms. The van der Waals surface area contributed by atoms with Crippen LogP contribution in [0.5, 0.6) is 0 Å². The number of cyclic esters (lactones) is 1. The number of hydrogen-bond donors (Lipinski definition) is 1. The van der Waals surface area contributed by atoms with E-state index in [1.54, 1.807) is 29.1 Å². The highest BCUT2D eigenvalue weighted by Gasteiger charge is 2.32. The Morgan fingerprint density at radius 1 is 1.42 bits per heavy atom. The fourth-order valence-electron chi connectivity index (χ4n) is 1.93. The van der Waals surface area contributed by atoms with Crippen LogP contribution < -0.4 is 4.90 Å². The molecule has 1 aromatic heterocycles. The summed E-state index contributed by atoms with van der Waals surface area (Å²) in [5, 5.41) is 0.842. The van der Waals surface area contributed by atoms with E-state index in [4.69, 9.17) is 4.74 Å². The number of aromatic nitrogens is 2. The van der Waals surface area contributed by atoms with Crippen LogP contribution in [-0.4, -0.2) is 34.5 Å². The summed E-state index contributed by atoms with van der Waals surface area (Å²) < 4.78 is 5.35. The second kappa shape index (κ2) is 5.36. The number of benzene rings is 1. The first-order valence-electron chi connectivity index (χ1n) is 5.98. The van der Waals surface area contributed by atoms with Gasteiger partial charge in [0.05, 0.1) is 6.54 Å². The number of hydrogen-bond acceptors (Lipinski definition) is 4. The molecule has 3 rings (SSSR count). The van der Waals surface area contributed by atoms with Crippen LogP contribution in [0.2, 0.25) is 0 Å². The van der Waals surface area contributed by atoms with Crippen molar-refractivity contribution in [1.82, 2.24) is 9.97 Å². The summed E-state index contributed by atoms with van der Waals surface area (Å²) in [7, 11) is 0. The quantitative estimate of drug-likeness (QED) is 0.871. The topological polar surface area (TPSA) is 58.2 Å². The molecule has 98 valence electrons. The Kier molecular flexibility index (Phi) is 3.41. The van der Waals surface area contributed by atoms with E-state index in [0.29, 0.717) is 12.3 Å². The normalized spacial score (nSPS) is 18.6. The van der Waals surface area contributed by atoms with Gasteiger partial charge in [0.25, 0.3) is 0 Å². The fraction of sp³-hybridized carbons (Fsp3) is 0.231. The standard InChI is InChI=1S/C13H13N3O2S/c17-13-16(10-4-2-1-3-5-10)8-11(18-13)9-19-12-14-6-7-15-12/h1-7,11H,8-9H2,(H,14,15)/t11-/m0/s1. The van der Waals surface area contributed by atoms with Crippen LogP contribution in [0.1, 0.15) is 0 Å². The molecular weight excluding hydrogens is 262 g/mol. The summed E-state index contributed by atoms with van der Waals surface area (Å²) in [6, 6.07) is 9.56. The third kappa shape index (κ3) is 2.73. The molecule has 1 fully saturated rings. The zero-order valence-electron chi connectivity index (χ0n) is 10.2. The lowest BCUT2D eigenvalue weighted by Gasteiger charge is -2.12. The average molecular weight is 275 g/mol. The summed E-state index contributed by atoms with van der Waals surface area (Å²) in [6.07, 6.45) is 3.09. The van der Waals surface area contributed by atoms with Gasteiger partial charge < -0.3 is 9.72 Å². The summed E-state index contributed by atoms with van der Waals surface area (Å²) >= 11 is 1.55. The van der Waals surface area contributed by atoms with E-state index < -0.39 is 0 Å². The molecule has 6 heteroatoms. The van der Waals surface area contributed by atoms with E-state index in [-0.39, 0.29) is 12.2 Å². The van der Waals surface area contributed by atoms with Gasteiger partial charge in [-0.2, -0.15) is 0 Å². The second-order valence-electron chi connectivity index (χ2n) is 4.16. The number of rotatable bonds is 4. The van der Waals surface area contributed by atoms with E-state index in [0.717, 1.165) is 10.8 Å². The lowest BCUT2D eigenvalue weighted by Crippen LogP contribution is -2.24. The Balaban J connectivity index is 1.61. The first kappa shape index (κ1) is 12.1. The van der Waals surface area contributed by atoms with Crippen molar-refractivity contribution in [2.45, 2.75) is 11.3 Å². The molecule has 0 aliphatic carbocycles. The largest absolute Gasteiger partial charge is 0.443 e. The van der Waals surface area contributed by atoms with Crippen LogP contribution in [0.15, 0.2) is 47.9 Å². The smallest absolute Gasteiger partial charge is 0.414 e. The zero-order chi connectivity index (χ0) is 13.1.